The van der Waals surface area contributed by atoms with Crippen LogP contribution in [0.25, 0.3) is 0 Å². The Bertz CT molecular complexity index is 678. The van der Waals surface area contributed by atoms with Gasteiger partial charge in [0.15, 0.2) is 5.96 Å². The van der Waals surface area contributed by atoms with E-state index in [9.17, 15) is 0 Å². The van der Waals surface area contributed by atoms with Gasteiger partial charge in [-0.1, -0.05) is 12.1 Å². The highest BCUT2D eigenvalue weighted by Crippen LogP contribution is 2.20. The van der Waals surface area contributed by atoms with Gasteiger partial charge in [0.2, 0.25) is 0 Å². The first-order valence-electron chi connectivity index (χ1n) is 8.27. The van der Waals surface area contributed by atoms with E-state index in [2.05, 4.69) is 46.7 Å². The molecule has 0 fully saturated rings. The number of methoxy groups -OCH3 is 1. The Labute approximate surface area is 143 Å². The van der Waals surface area contributed by atoms with E-state index < -0.39 is 0 Å². The van der Waals surface area contributed by atoms with Crippen LogP contribution in [0.15, 0.2) is 35.6 Å². The Morgan fingerprint density at radius 1 is 1.25 bits per heavy atom. The zero-order valence-corrected chi connectivity index (χ0v) is 15.0. The molecule has 0 aliphatic carbocycles. The maximum atomic E-state index is 5.44. The average Bonchev–Trinajstić information content (AvgIpc) is 2.98. The van der Waals surface area contributed by atoms with Gasteiger partial charge in [-0.05, 0) is 38.0 Å². The van der Waals surface area contributed by atoms with Crippen LogP contribution in [0.2, 0.25) is 0 Å². The quantitative estimate of drug-likeness (QED) is 0.604. The van der Waals surface area contributed by atoms with Gasteiger partial charge in [0.25, 0.3) is 0 Å². The van der Waals surface area contributed by atoms with Crippen LogP contribution in [-0.4, -0.2) is 35.9 Å². The number of hydrogen-bond acceptors (Lipinski definition) is 3. The lowest BCUT2D eigenvalue weighted by atomic mass is 10.1. The SMILES string of the molecule is CCNC(=NCc1ccc(C)cc1OC)NCCn1cc(C)cn1. The summed E-state index contributed by atoms with van der Waals surface area (Å²) in [6, 6.07) is 6.17. The van der Waals surface area contributed by atoms with Crippen molar-refractivity contribution >= 4 is 5.96 Å². The molecule has 2 N–H and O–H groups in total. The first kappa shape index (κ1) is 17.8. The van der Waals surface area contributed by atoms with E-state index in [1.807, 2.05) is 30.1 Å². The molecule has 0 radical (unpaired) electrons. The molecule has 1 aromatic heterocycles. The number of guanidine groups is 1. The van der Waals surface area contributed by atoms with Crippen molar-refractivity contribution in [2.75, 3.05) is 20.2 Å². The summed E-state index contributed by atoms with van der Waals surface area (Å²) >= 11 is 0. The number of aliphatic imine (C=N–C) groups is 1. The molecular formula is C18H27N5O. The lowest BCUT2D eigenvalue weighted by Crippen LogP contribution is -2.38. The second-order valence-electron chi connectivity index (χ2n) is 5.72. The van der Waals surface area contributed by atoms with Crippen LogP contribution in [-0.2, 0) is 13.1 Å². The molecule has 0 saturated carbocycles. The summed E-state index contributed by atoms with van der Waals surface area (Å²) < 4.78 is 7.36. The van der Waals surface area contributed by atoms with E-state index in [0.717, 1.165) is 36.9 Å². The zero-order chi connectivity index (χ0) is 17.4. The number of rotatable bonds is 7. The summed E-state index contributed by atoms with van der Waals surface area (Å²) in [4.78, 5) is 4.64. The molecule has 6 heteroatoms. The van der Waals surface area contributed by atoms with Crippen LogP contribution >= 0.6 is 0 Å². The van der Waals surface area contributed by atoms with Gasteiger partial charge in [0.05, 0.1) is 26.4 Å². The second kappa shape index (κ2) is 8.96. The van der Waals surface area contributed by atoms with E-state index in [0.29, 0.717) is 6.54 Å². The number of aryl methyl sites for hydroxylation is 2. The predicted molar refractivity (Wildman–Crippen MR) is 97.5 cm³/mol. The monoisotopic (exact) mass is 329 g/mol. The van der Waals surface area contributed by atoms with Gasteiger partial charge in [0.1, 0.15) is 5.75 Å². The van der Waals surface area contributed by atoms with Gasteiger partial charge in [-0.2, -0.15) is 5.10 Å². The fourth-order valence-electron chi connectivity index (χ4n) is 2.37. The third kappa shape index (κ3) is 5.30. The van der Waals surface area contributed by atoms with Crippen molar-refractivity contribution in [2.24, 2.45) is 4.99 Å². The Morgan fingerprint density at radius 3 is 2.75 bits per heavy atom. The van der Waals surface area contributed by atoms with Gasteiger partial charge >= 0.3 is 0 Å². The van der Waals surface area contributed by atoms with Gasteiger partial charge in [-0.15, -0.1) is 0 Å². The van der Waals surface area contributed by atoms with Crippen molar-refractivity contribution in [3.8, 4) is 5.75 Å². The Balaban J connectivity index is 1.94. The number of nitrogens with one attached hydrogen (secondary N) is 2. The first-order valence-corrected chi connectivity index (χ1v) is 8.27. The third-order valence-corrected chi connectivity index (χ3v) is 3.59. The van der Waals surface area contributed by atoms with Gasteiger partial charge in [-0.3, -0.25) is 4.68 Å². The average molecular weight is 329 g/mol. The Kier molecular flexibility index (Phi) is 6.66. The van der Waals surface area contributed by atoms with Crippen LogP contribution < -0.4 is 15.4 Å². The highest BCUT2D eigenvalue weighted by molar-refractivity contribution is 5.79. The minimum absolute atomic E-state index is 0.569. The minimum Gasteiger partial charge on any atom is -0.496 e. The Morgan fingerprint density at radius 2 is 2.08 bits per heavy atom. The normalized spacial score (nSPS) is 11.4. The van der Waals surface area contributed by atoms with Crippen molar-refractivity contribution in [2.45, 2.75) is 33.9 Å². The van der Waals surface area contributed by atoms with Crippen LogP contribution in [0.1, 0.15) is 23.6 Å². The molecule has 1 aromatic carbocycles. The molecule has 0 bridgehead atoms. The van der Waals surface area contributed by atoms with E-state index in [-0.39, 0.29) is 0 Å². The first-order chi connectivity index (χ1) is 11.6. The minimum atomic E-state index is 0.569. The molecule has 2 rings (SSSR count). The van der Waals surface area contributed by atoms with Gasteiger partial charge in [0, 0.05) is 24.8 Å². The van der Waals surface area contributed by atoms with Crippen LogP contribution in [0.3, 0.4) is 0 Å². The molecule has 6 nitrogen and oxygen atoms in total. The lowest BCUT2D eigenvalue weighted by Gasteiger charge is -2.12. The van der Waals surface area contributed by atoms with E-state index >= 15 is 0 Å². The largest absolute Gasteiger partial charge is 0.496 e. The van der Waals surface area contributed by atoms with E-state index in [4.69, 9.17) is 4.74 Å². The number of nitrogens with zero attached hydrogens (tertiary/aromatic N) is 3. The van der Waals surface area contributed by atoms with Crippen LogP contribution in [0.5, 0.6) is 5.75 Å². The van der Waals surface area contributed by atoms with Gasteiger partial charge in [-0.25, -0.2) is 4.99 Å². The molecule has 0 spiro atoms. The summed E-state index contributed by atoms with van der Waals surface area (Å²) in [6.45, 7) is 9.09. The molecule has 0 unspecified atom stereocenters. The maximum Gasteiger partial charge on any atom is 0.191 e. The standard InChI is InChI=1S/C18H27N5O/c1-5-19-18(20-8-9-23-13-15(3)11-22-23)21-12-16-7-6-14(2)10-17(16)24-4/h6-7,10-11,13H,5,8-9,12H2,1-4H3,(H2,19,20,21). The van der Waals surface area contributed by atoms with Crippen molar-refractivity contribution < 1.29 is 4.74 Å². The zero-order valence-electron chi connectivity index (χ0n) is 15.0. The van der Waals surface area contributed by atoms with Gasteiger partial charge < -0.3 is 15.4 Å². The molecule has 2 aromatic rings. The topological polar surface area (TPSA) is 63.5 Å². The Hall–Kier alpha value is -2.50. The molecule has 0 atom stereocenters. The van der Waals surface area contributed by atoms with Crippen molar-refractivity contribution in [1.29, 1.82) is 0 Å². The molecule has 0 aliphatic heterocycles. The predicted octanol–water partition coefficient (Wildman–Crippen LogP) is 2.26. The fourth-order valence-corrected chi connectivity index (χ4v) is 2.37. The highest BCUT2D eigenvalue weighted by Gasteiger charge is 2.04. The molecule has 130 valence electrons. The lowest BCUT2D eigenvalue weighted by molar-refractivity contribution is 0.409. The van der Waals surface area contributed by atoms with Crippen molar-refractivity contribution in [3.05, 3.63) is 47.3 Å². The molecule has 0 amide bonds. The van der Waals surface area contributed by atoms with E-state index in [1.165, 1.54) is 11.1 Å². The van der Waals surface area contributed by atoms with Crippen molar-refractivity contribution in [1.82, 2.24) is 20.4 Å². The highest BCUT2D eigenvalue weighted by atomic mass is 16.5. The molecular weight excluding hydrogens is 302 g/mol. The molecule has 0 aliphatic rings. The molecule has 1 heterocycles. The number of benzene rings is 1. The molecule has 24 heavy (non-hydrogen) atoms. The summed E-state index contributed by atoms with van der Waals surface area (Å²) in [5.41, 5.74) is 3.42. The third-order valence-electron chi connectivity index (χ3n) is 3.59. The smallest absolute Gasteiger partial charge is 0.191 e. The van der Waals surface area contributed by atoms with Crippen LogP contribution in [0.4, 0.5) is 0 Å². The summed E-state index contributed by atoms with van der Waals surface area (Å²) in [6.07, 6.45) is 3.89. The summed E-state index contributed by atoms with van der Waals surface area (Å²) in [5.74, 6) is 1.67. The number of hydrogen-bond donors (Lipinski definition) is 2. The number of ether oxygens (including phenoxy) is 1. The molecule has 0 saturated heterocycles. The van der Waals surface area contributed by atoms with E-state index in [1.54, 1.807) is 7.11 Å². The van der Waals surface area contributed by atoms with Crippen LogP contribution in [0, 0.1) is 13.8 Å². The second-order valence-corrected chi connectivity index (χ2v) is 5.72. The van der Waals surface area contributed by atoms with Crippen molar-refractivity contribution in [3.63, 3.8) is 0 Å². The summed E-state index contributed by atoms with van der Waals surface area (Å²) in [5, 5.41) is 10.9. The summed E-state index contributed by atoms with van der Waals surface area (Å²) in [7, 11) is 1.69. The maximum absolute atomic E-state index is 5.44. The fraction of sp³-hybridized carbons (Fsp3) is 0.444. The number of aromatic nitrogens is 2.